The van der Waals surface area contributed by atoms with Gasteiger partial charge in [-0.25, -0.2) is 4.39 Å². The van der Waals surface area contributed by atoms with Gasteiger partial charge < -0.3 is 13.6 Å². The number of carbonyl (C=O) groups excluding carboxylic acids is 1. The Hall–Kier alpha value is -3.67. The summed E-state index contributed by atoms with van der Waals surface area (Å²) in [4.78, 5) is 25.3. The first kappa shape index (κ1) is 17.7. The van der Waals surface area contributed by atoms with E-state index in [1.807, 2.05) is 6.92 Å². The molecule has 0 unspecified atom stereocenters. The number of hydrogen-bond acceptors (Lipinski definition) is 5. The lowest BCUT2D eigenvalue weighted by atomic mass is 10.1. The van der Waals surface area contributed by atoms with E-state index in [9.17, 15) is 14.0 Å². The predicted molar refractivity (Wildman–Crippen MR) is 101 cm³/mol. The minimum Gasteiger partial charge on any atom is -0.478 e. The first-order chi connectivity index (χ1) is 13.5. The van der Waals surface area contributed by atoms with E-state index in [1.54, 1.807) is 30.3 Å². The maximum Gasteiger partial charge on any atom is 0.235 e. The lowest BCUT2D eigenvalue weighted by Gasteiger charge is -2.10. The Bertz CT molecular complexity index is 1200. The summed E-state index contributed by atoms with van der Waals surface area (Å²) in [6, 6.07) is 13.6. The SMILES string of the molecule is Cc1ccc2c(=O)c(OCC(=O)c3ccc(F)cc3)c(-c3ccco3)oc2c1. The Morgan fingerprint density at radius 3 is 2.61 bits per heavy atom. The van der Waals surface area contributed by atoms with E-state index in [2.05, 4.69) is 0 Å². The van der Waals surface area contributed by atoms with E-state index >= 15 is 0 Å². The first-order valence-electron chi connectivity index (χ1n) is 8.56. The van der Waals surface area contributed by atoms with Crippen LogP contribution in [0, 0.1) is 12.7 Å². The Morgan fingerprint density at radius 1 is 1.11 bits per heavy atom. The number of ketones is 1. The number of Topliss-reactive ketones (excluding diaryl/α,β-unsaturated/α-hetero) is 1. The number of furan rings is 1. The van der Waals surface area contributed by atoms with E-state index < -0.39 is 23.6 Å². The third-order valence-corrected chi connectivity index (χ3v) is 4.26. The standard InChI is InChI=1S/C22H15FO5/c1-13-4-9-16-19(11-13)28-21(18-3-2-10-26-18)22(20(16)25)27-12-17(24)14-5-7-15(23)8-6-14/h2-11H,12H2,1H3. The first-order valence-corrected chi connectivity index (χ1v) is 8.56. The molecule has 4 aromatic rings. The molecule has 0 aliphatic heterocycles. The topological polar surface area (TPSA) is 69.7 Å². The summed E-state index contributed by atoms with van der Waals surface area (Å²) in [5.74, 6) is -0.525. The molecule has 0 N–H and O–H groups in total. The van der Waals surface area contributed by atoms with Gasteiger partial charge in [0.25, 0.3) is 0 Å². The molecule has 0 radical (unpaired) electrons. The molecule has 0 atom stereocenters. The van der Waals surface area contributed by atoms with E-state index in [0.717, 1.165) is 5.56 Å². The van der Waals surface area contributed by atoms with Gasteiger partial charge in [0.2, 0.25) is 16.9 Å². The van der Waals surface area contributed by atoms with Crippen molar-refractivity contribution in [3.63, 3.8) is 0 Å². The van der Waals surface area contributed by atoms with Crippen molar-refractivity contribution in [1.29, 1.82) is 0 Å². The van der Waals surface area contributed by atoms with Gasteiger partial charge in [-0.3, -0.25) is 9.59 Å². The smallest absolute Gasteiger partial charge is 0.235 e. The van der Waals surface area contributed by atoms with Crippen molar-refractivity contribution >= 4 is 16.8 Å². The highest BCUT2D eigenvalue weighted by Gasteiger charge is 2.21. The van der Waals surface area contributed by atoms with Gasteiger partial charge >= 0.3 is 0 Å². The van der Waals surface area contributed by atoms with Crippen molar-refractivity contribution < 1.29 is 22.8 Å². The average molecular weight is 378 g/mol. The molecule has 0 spiro atoms. The van der Waals surface area contributed by atoms with Gasteiger partial charge in [0, 0.05) is 5.56 Å². The summed E-state index contributed by atoms with van der Waals surface area (Å²) < 4.78 is 29.8. The molecule has 2 aromatic heterocycles. The molecule has 5 nitrogen and oxygen atoms in total. The quantitative estimate of drug-likeness (QED) is 0.468. The van der Waals surface area contributed by atoms with Gasteiger partial charge in [0.1, 0.15) is 11.4 Å². The number of halogens is 1. The summed E-state index contributed by atoms with van der Waals surface area (Å²) in [6.45, 7) is 1.49. The minimum absolute atomic E-state index is 0.109. The van der Waals surface area contributed by atoms with Crippen molar-refractivity contribution in [3.05, 3.63) is 88.0 Å². The molecular weight excluding hydrogens is 363 g/mol. The second kappa shape index (κ2) is 7.15. The predicted octanol–water partition coefficient (Wildman–Crippen LogP) is 4.76. The van der Waals surface area contributed by atoms with E-state index in [1.165, 1.54) is 30.5 Å². The fourth-order valence-corrected chi connectivity index (χ4v) is 2.84. The normalized spacial score (nSPS) is 10.9. The molecule has 0 fully saturated rings. The van der Waals surface area contributed by atoms with Crippen molar-refractivity contribution in [2.24, 2.45) is 0 Å². The highest BCUT2D eigenvalue weighted by atomic mass is 19.1. The number of benzene rings is 2. The van der Waals surface area contributed by atoms with Gasteiger partial charge in [-0.15, -0.1) is 0 Å². The monoisotopic (exact) mass is 378 g/mol. The zero-order chi connectivity index (χ0) is 19.7. The van der Waals surface area contributed by atoms with Crippen molar-refractivity contribution in [3.8, 4) is 17.3 Å². The Kier molecular flexibility index (Phi) is 4.53. The molecule has 0 amide bonds. The van der Waals surface area contributed by atoms with Gasteiger partial charge in [-0.2, -0.15) is 0 Å². The summed E-state index contributed by atoms with van der Waals surface area (Å²) in [5.41, 5.74) is 1.20. The van der Waals surface area contributed by atoms with Crippen LogP contribution >= 0.6 is 0 Å². The number of fused-ring (bicyclic) bond motifs is 1. The largest absolute Gasteiger partial charge is 0.478 e. The van der Waals surface area contributed by atoms with Crippen LogP contribution in [-0.2, 0) is 0 Å². The molecule has 4 rings (SSSR count). The van der Waals surface area contributed by atoms with Crippen LogP contribution in [0.1, 0.15) is 15.9 Å². The van der Waals surface area contributed by atoms with Crippen LogP contribution < -0.4 is 10.2 Å². The number of ether oxygens (including phenoxy) is 1. The summed E-state index contributed by atoms with van der Waals surface area (Å²) in [6.07, 6.45) is 1.45. The highest BCUT2D eigenvalue weighted by molar-refractivity contribution is 5.97. The van der Waals surface area contributed by atoms with Crippen molar-refractivity contribution in [1.82, 2.24) is 0 Å². The van der Waals surface area contributed by atoms with E-state index in [0.29, 0.717) is 16.7 Å². The third kappa shape index (κ3) is 3.32. The molecule has 0 saturated heterocycles. The number of aryl methyl sites for hydroxylation is 1. The number of hydrogen-bond donors (Lipinski definition) is 0. The molecule has 140 valence electrons. The zero-order valence-electron chi connectivity index (χ0n) is 14.9. The van der Waals surface area contributed by atoms with Crippen LogP contribution in [0.2, 0.25) is 0 Å². The molecule has 0 saturated carbocycles. The molecule has 28 heavy (non-hydrogen) atoms. The maximum absolute atomic E-state index is 13.0. The fourth-order valence-electron chi connectivity index (χ4n) is 2.84. The zero-order valence-corrected chi connectivity index (χ0v) is 14.9. The van der Waals surface area contributed by atoms with Gasteiger partial charge in [-0.05, 0) is 61.0 Å². The Balaban J connectivity index is 1.74. The van der Waals surface area contributed by atoms with Crippen LogP contribution in [-0.4, -0.2) is 12.4 Å². The van der Waals surface area contributed by atoms with E-state index in [-0.39, 0.29) is 17.1 Å². The molecule has 0 aliphatic carbocycles. The lowest BCUT2D eigenvalue weighted by Crippen LogP contribution is -2.17. The molecule has 0 bridgehead atoms. The summed E-state index contributed by atoms with van der Waals surface area (Å²) in [5, 5.41) is 0.338. The fraction of sp³-hybridized carbons (Fsp3) is 0.0909. The second-order valence-electron chi connectivity index (χ2n) is 6.29. The van der Waals surface area contributed by atoms with Crippen molar-refractivity contribution in [2.75, 3.05) is 6.61 Å². The number of carbonyl (C=O) groups is 1. The molecule has 2 heterocycles. The Morgan fingerprint density at radius 2 is 1.89 bits per heavy atom. The second-order valence-corrected chi connectivity index (χ2v) is 6.29. The molecular formula is C22H15FO5. The molecule has 2 aromatic carbocycles. The maximum atomic E-state index is 13.0. The van der Waals surface area contributed by atoms with Crippen LogP contribution in [0.3, 0.4) is 0 Å². The lowest BCUT2D eigenvalue weighted by molar-refractivity contribution is 0.0920. The van der Waals surface area contributed by atoms with Crippen LogP contribution in [0.25, 0.3) is 22.5 Å². The highest BCUT2D eigenvalue weighted by Crippen LogP contribution is 2.31. The van der Waals surface area contributed by atoms with E-state index in [4.69, 9.17) is 13.6 Å². The third-order valence-electron chi connectivity index (χ3n) is 4.26. The molecule has 6 heteroatoms. The molecule has 0 aliphatic rings. The Labute approximate surface area is 159 Å². The van der Waals surface area contributed by atoms with Gasteiger partial charge in [0.15, 0.2) is 18.2 Å². The van der Waals surface area contributed by atoms with Crippen LogP contribution in [0.4, 0.5) is 4.39 Å². The number of rotatable bonds is 5. The van der Waals surface area contributed by atoms with Gasteiger partial charge in [0.05, 0.1) is 11.6 Å². The summed E-state index contributed by atoms with van der Waals surface area (Å²) in [7, 11) is 0. The minimum atomic E-state index is -0.442. The van der Waals surface area contributed by atoms with Crippen LogP contribution in [0.15, 0.2) is 74.5 Å². The van der Waals surface area contributed by atoms with Gasteiger partial charge in [-0.1, -0.05) is 6.07 Å². The average Bonchev–Trinajstić information content (AvgIpc) is 3.22. The van der Waals surface area contributed by atoms with Crippen LogP contribution in [0.5, 0.6) is 5.75 Å². The van der Waals surface area contributed by atoms with Crippen molar-refractivity contribution in [2.45, 2.75) is 6.92 Å². The summed E-state index contributed by atoms with van der Waals surface area (Å²) >= 11 is 0.